The molecule has 2 aromatic rings. The lowest BCUT2D eigenvalue weighted by Gasteiger charge is -2.33. The van der Waals surface area contributed by atoms with E-state index in [1.54, 1.807) is 6.33 Å². The summed E-state index contributed by atoms with van der Waals surface area (Å²) in [6.07, 6.45) is 3.06. The molecular weight excluding hydrogens is 306 g/mol. The SMILES string of the molecule is CCOC(=O)C1CCN(C(=O)C(C)n2cnc3ccccc32)CC1. The third-order valence-electron chi connectivity index (χ3n) is 4.68. The molecule has 0 radical (unpaired) electrons. The first kappa shape index (κ1) is 16.5. The number of benzene rings is 1. The van der Waals surface area contributed by atoms with Crippen molar-refractivity contribution in [3.8, 4) is 0 Å². The number of para-hydroxylation sites is 2. The molecule has 6 heteroatoms. The summed E-state index contributed by atoms with van der Waals surface area (Å²) < 4.78 is 6.99. The van der Waals surface area contributed by atoms with E-state index < -0.39 is 0 Å². The normalized spacial score (nSPS) is 17.0. The fraction of sp³-hybridized carbons (Fsp3) is 0.500. The molecule has 1 unspecified atom stereocenters. The van der Waals surface area contributed by atoms with Gasteiger partial charge in [0.2, 0.25) is 5.91 Å². The van der Waals surface area contributed by atoms with Crippen LogP contribution >= 0.6 is 0 Å². The highest BCUT2D eigenvalue weighted by molar-refractivity contribution is 5.84. The Hall–Kier alpha value is -2.37. The lowest BCUT2D eigenvalue weighted by molar-refractivity contribution is -0.151. The number of hydrogen-bond acceptors (Lipinski definition) is 4. The van der Waals surface area contributed by atoms with Crippen LogP contribution in [0.5, 0.6) is 0 Å². The number of esters is 1. The van der Waals surface area contributed by atoms with Crippen molar-refractivity contribution < 1.29 is 14.3 Å². The number of rotatable bonds is 4. The molecule has 2 heterocycles. The van der Waals surface area contributed by atoms with Crippen LogP contribution in [0.15, 0.2) is 30.6 Å². The molecule has 1 aliphatic heterocycles. The van der Waals surface area contributed by atoms with Crippen LogP contribution in [0.3, 0.4) is 0 Å². The predicted octanol–water partition coefficient (Wildman–Crippen LogP) is 2.40. The number of ether oxygens (including phenoxy) is 1. The van der Waals surface area contributed by atoms with Crippen molar-refractivity contribution in [2.75, 3.05) is 19.7 Å². The Kier molecular flexibility index (Phi) is 4.83. The molecular formula is C18H23N3O3. The van der Waals surface area contributed by atoms with E-state index in [4.69, 9.17) is 4.74 Å². The third-order valence-corrected chi connectivity index (χ3v) is 4.68. The van der Waals surface area contributed by atoms with E-state index in [-0.39, 0.29) is 23.8 Å². The zero-order valence-corrected chi connectivity index (χ0v) is 14.1. The molecule has 0 N–H and O–H groups in total. The number of hydrogen-bond donors (Lipinski definition) is 0. The van der Waals surface area contributed by atoms with Gasteiger partial charge in [0.1, 0.15) is 6.04 Å². The highest BCUT2D eigenvalue weighted by Crippen LogP contribution is 2.23. The number of piperidine rings is 1. The van der Waals surface area contributed by atoms with E-state index in [1.165, 1.54) is 0 Å². The van der Waals surface area contributed by atoms with Crippen LogP contribution < -0.4 is 0 Å². The molecule has 1 aliphatic rings. The number of fused-ring (bicyclic) bond motifs is 1. The first-order valence-corrected chi connectivity index (χ1v) is 8.48. The Labute approximate surface area is 141 Å². The molecule has 1 saturated heterocycles. The van der Waals surface area contributed by atoms with Crippen molar-refractivity contribution in [1.29, 1.82) is 0 Å². The lowest BCUT2D eigenvalue weighted by Crippen LogP contribution is -2.43. The molecule has 24 heavy (non-hydrogen) atoms. The molecule has 1 atom stereocenters. The van der Waals surface area contributed by atoms with Crippen molar-refractivity contribution in [2.24, 2.45) is 5.92 Å². The van der Waals surface area contributed by atoms with E-state index in [1.807, 2.05) is 47.6 Å². The van der Waals surface area contributed by atoms with Gasteiger partial charge in [0.15, 0.2) is 0 Å². The van der Waals surface area contributed by atoms with Crippen LogP contribution in [0.4, 0.5) is 0 Å². The van der Waals surface area contributed by atoms with Gasteiger partial charge >= 0.3 is 5.97 Å². The summed E-state index contributed by atoms with van der Waals surface area (Å²) in [6.45, 7) is 5.31. The summed E-state index contributed by atoms with van der Waals surface area (Å²) in [5.41, 5.74) is 1.85. The summed E-state index contributed by atoms with van der Waals surface area (Å²) in [5.74, 6) is -0.155. The molecule has 1 fully saturated rings. The molecule has 6 nitrogen and oxygen atoms in total. The summed E-state index contributed by atoms with van der Waals surface area (Å²) in [7, 11) is 0. The Morgan fingerprint density at radius 1 is 1.29 bits per heavy atom. The lowest BCUT2D eigenvalue weighted by atomic mass is 9.96. The van der Waals surface area contributed by atoms with Crippen LogP contribution in [0.2, 0.25) is 0 Å². The van der Waals surface area contributed by atoms with Crippen molar-refractivity contribution in [2.45, 2.75) is 32.7 Å². The largest absolute Gasteiger partial charge is 0.466 e. The van der Waals surface area contributed by atoms with Gasteiger partial charge in [-0.15, -0.1) is 0 Å². The minimum absolute atomic E-state index is 0.0699. The molecule has 1 amide bonds. The number of nitrogens with zero attached hydrogens (tertiary/aromatic N) is 3. The average molecular weight is 329 g/mol. The standard InChI is InChI=1S/C18H23N3O3/c1-3-24-18(23)14-8-10-20(11-9-14)17(22)13(2)21-12-19-15-6-4-5-7-16(15)21/h4-7,12-14H,3,8-11H2,1-2H3. The third kappa shape index (κ3) is 3.13. The average Bonchev–Trinajstić information content (AvgIpc) is 3.05. The Morgan fingerprint density at radius 3 is 2.71 bits per heavy atom. The Balaban J connectivity index is 1.66. The second kappa shape index (κ2) is 7.03. The number of carbonyl (C=O) groups is 2. The minimum Gasteiger partial charge on any atom is -0.466 e. The molecule has 0 bridgehead atoms. The fourth-order valence-electron chi connectivity index (χ4n) is 3.27. The van der Waals surface area contributed by atoms with Crippen LogP contribution in [0, 0.1) is 5.92 Å². The highest BCUT2D eigenvalue weighted by atomic mass is 16.5. The van der Waals surface area contributed by atoms with Gasteiger partial charge in [0, 0.05) is 13.1 Å². The van der Waals surface area contributed by atoms with Crippen molar-refractivity contribution in [1.82, 2.24) is 14.5 Å². The smallest absolute Gasteiger partial charge is 0.309 e. The van der Waals surface area contributed by atoms with Gasteiger partial charge in [-0.2, -0.15) is 0 Å². The molecule has 0 spiro atoms. The van der Waals surface area contributed by atoms with Gasteiger partial charge in [-0.3, -0.25) is 9.59 Å². The zero-order chi connectivity index (χ0) is 17.1. The first-order valence-electron chi connectivity index (χ1n) is 8.48. The van der Waals surface area contributed by atoms with Gasteiger partial charge in [0.05, 0.1) is 29.9 Å². The molecule has 0 aliphatic carbocycles. The van der Waals surface area contributed by atoms with Crippen molar-refractivity contribution in [3.63, 3.8) is 0 Å². The summed E-state index contributed by atoms with van der Waals surface area (Å²) in [4.78, 5) is 30.8. The second-order valence-corrected chi connectivity index (χ2v) is 6.17. The van der Waals surface area contributed by atoms with E-state index in [0.29, 0.717) is 32.5 Å². The predicted molar refractivity (Wildman–Crippen MR) is 90.4 cm³/mol. The molecule has 1 aromatic heterocycles. The maximum absolute atomic E-state index is 12.8. The van der Waals surface area contributed by atoms with Gasteiger partial charge in [0.25, 0.3) is 0 Å². The Bertz CT molecular complexity index is 732. The number of carbonyl (C=O) groups excluding carboxylic acids is 2. The molecule has 1 aromatic carbocycles. The van der Waals surface area contributed by atoms with Crippen LogP contribution in [0.1, 0.15) is 32.7 Å². The number of imidazole rings is 1. The second-order valence-electron chi connectivity index (χ2n) is 6.17. The van der Waals surface area contributed by atoms with Crippen LogP contribution in [-0.2, 0) is 14.3 Å². The van der Waals surface area contributed by atoms with Crippen molar-refractivity contribution >= 4 is 22.9 Å². The minimum atomic E-state index is -0.309. The quantitative estimate of drug-likeness (QED) is 0.808. The van der Waals surface area contributed by atoms with Gasteiger partial charge < -0.3 is 14.2 Å². The summed E-state index contributed by atoms with van der Waals surface area (Å²) in [6, 6.07) is 7.48. The van der Waals surface area contributed by atoms with E-state index in [9.17, 15) is 9.59 Å². The maximum atomic E-state index is 12.8. The van der Waals surface area contributed by atoms with E-state index in [0.717, 1.165) is 11.0 Å². The monoisotopic (exact) mass is 329 g/mol. The van der Waals surface area contributed by atoms with Gasteiger partial charge in [-0.1, -0.05) is 12.1 Å². The van der Waals surface area contributed by atoms with Gasteiger partial charge in [-0.25, -0.2) is 4.98 Å². The summed E-state index contributed by atoms with van der Waals surface area (Å²) in [5, 5.41) is 0. The fourth-order valence-corrected chi connectivity index (χ4v) is 3.27. The van der Waals surface area contributed by atoms with E-state index in [2.05, 4.69) is 4.98 Å². The Morgan fingerprint density at radius 2 is 2.00 bits per heavy atom. The number of likely N-dealkylation sites (tertiary alicyclic amines) is 1. The zero-order valence-electron chi connectivity index (χ0n) is 14.1. The first-order chi connectivity index (χ1) is 11.6. The number of amides is 1. The molecule has 3 rings (SSSR count). The highest BCUT2D eigenvalue weighted by Gasteiger charge is 2.30. The maximum Gasteiger partial charge on any atom is 0.309 e. The van der Waals surface area contributed by atoms with E-state index >= 15 is 0 Å². The molecule has 128 valence electrons. The van der Waals surface area contributed by atoms with Gasteiger partial charge in [-0.05, 0) is 38.8 Å². The van der Waals surface area contributed by atoms with Crippen LogP contribution in [-0.4, -0.2) is 46.0 Å². The molecule has 0 saturated carbocycles. The van der Waals surface area contributed by atoms with Crippen LogP contribution in [0.25, 0.3) is 11.0 Å². The van der Waals surface area contributed by atoms with Crippen molar-refractivity contribution in [3.05, 3.63) is 30.6 Å². The number of aromatic nitrogens is 2. The topological polar surface area (TPSA) is 64.4 Å². The summed E-state index contributed by atoms with van der Waals surface area (Å²) >= 11 is 0.